The van der Waals surface area contributed by atoms with Gasteiger partial charge in [-0.05, 0) is 116 Å². The van der Waals surface area contributed by atoms with Crippen LogP contribution in [0.4, 0.5) is 0 Å². The summed E-state index contributed by atoms with van der Waals surface area (Å²) in [7, 11) is 0. The molecule has 0 unspecified atom stereocenters. The number of fused-ring (bicyclic) bond motifs is 1. The lowest BCUT2D eigenvalue weighted by Gasteiger charge is -2.33. The lowest BCUT2D eigenvalue weighted by atomic mass is 9.90. The Morgan fingerprint density at radius 1 is 0.766 bits per heavy atom. The van der Waals surface area contributed by atoms with E-state index in [9.17, 15) is 29.9 Å². The number of halogens is 1. The number of hydrogen-bond donors (Lipinski definition) is 2. The summed E-state index contributed by atoms with van der Waals surface area (Å²) >= 11 is 6.91. The molecule has 2 atom stereocenters. The van der Waals surface area contributed by atoms with E-state index >= 15 is 0 Å². The number of pyridine rings is 2. The lowest BCUT2D eigenvalue weighted by Crippen LogP contribution is -2.45. The van der Waals surface area contributed by atoms with Crippen molar-refractivity contribution in [3.05, 3.63) is 146 Å². The maximum Gasteiger partial charge on any atom is 0.320 e. The van der Waals surface area contributed by atoms with E-state index in [1.54, 1.807) is 36.8 Å². The van der Waals surface area contributed by atoms with Crippen molar-refractivity contribution in [3.8, 4) is 39.8 Å². The second-order valence-electron chi connectivity index (χ2n) is 16.6. The molecule has 13 nitrogen and oxygen atoms in total. The smallest absolute Gasteiger partial charge is 0.320 e. The van der Waals surface area contributed by atoms with Crippen LogP contribution in [0.3, 0.4) is 0 Å². The number of rotatable bonds is 14. The van der Waals surface area contributed by atoms with Crippen LogP contribution in [0, 0.1) is 25.2 Å². The maximum absolute atomic E-state index is 13.6. The molecule has 6 aromatic rings. The summed E-state index contributed by atoms with van der Waals surface area (Å²) in [5, 5.41) is 29.5. The number of aliphatic carboxylic acids is 2. The van der Waals surface area contributed by atoms with E-state index in [4.69, 9.17) is 21.1 Å². The minimum absolute atomic E-state index is 0.128. The molecule has 328 valence electrons. The molecular formula is C50H49ClN6O7. The van der Waals surface area contributed by atoms with Crippen LogP contribution in [0.2, 0.25) is 5.02 Å². The summed E-state index contributed by atoms with van der Waals surface area (Å²) in [6, 6.07) is 22.2. The van der Waals surface area contributed by atoms with Gasteiger partial charge in [-0.1, -0.05) is 60.8 Å². The number of piperidine rings is 2. The van der Waals surface area contributed by atoms with Gasteiger partial charge < -0.3 is 19.7 Å². The number of carboxylic acids is 2. The summed E-state index contributed by atoms with van der Waals surface area (Å²) < 4.78 is 14.3. The molecule has 0 saturated carbocycles. The average molecular weight is 881 g/mol. The Hall–Kier alpha value is -6.59. The first-order chi connectivity index (χ1) is 31.0. The van der Waals surface area contributed by atoms with Gasteiger partial charge in [0.1, 0.15) is 48.5 Å². The second kappa shape index (κ2) is 19.4. The van der Waals surface area contributed by atoms with E-state index in [0.717, 1.165) is 70.2 Å². The van der Waals surface area contributed by atoms with Gasteiger partial charge in [0, 0.05) is 55.1 Å². The quantitative estimate of drug-likeness (QED) is 0.107. The maximum atomic E-state index is 13.6. The first-order valence-corrected chi connectivity index (χ1v) is 21.9. The topological polar surface area (TPSA) is 171 Å². The Balaban J connectivity index is 1.03. The monoisotopic (exact) mass is 880 g/mol. The summed E-state index contributed by atoms with van der Waals surface area (Å²) in [6.45, 7) is 6.30. The van der Waals surface area contributed by atoms with Gasteiger partial charge in [0.25, 0.3) is 5.56 Å². The Morgan fingerprint density at radius 3 is 2.12 bits per heavy atom. The number of nitrogens with zero attached hydrogens (tertiary/aromatic N) is 6. The Morgan fingerprint density at radius 2 is 1.42 bits per heavy atom. The predicted octanol–water partition coefficient (Wildman–Crippen LogP) is 8.60. The molecule has 3 aromatic heterocycles. The molecular weight excluding hydrogens is 832 g/mol. The van der Waals surface area contributed by atoms with Crippen molar-refractivity contribution in [1.29, 1.82) is 5.26 Å². The molecule has 5 heterocycles. The van der Waals surface area contributed by atoms with Crippen molar-refractivity contribution in [2.75, 3.05) is 13.1 Å². The molecule has 64 heavy (non-hydrogen) atoms. The zero-order chi connectivity index (χ0) is 44.9. The van der Waals surface area contributed by atoms with E-state index in [-0.39, 0.29) is 25.3 Å². The molecule has 0 bridgehead atoms. The van der Waals surface area contributed by atoms with Crippen LogP contribution in [0.1, 0.15) is 77.5 Å². The van der Waals surface area contributed by atoms with Crippen molar-refractivity contribution >= 4 is 29.2 Å². The van der Waals surface area contributed by atoms with Crippen LogP contribution >= 0.6 is 11.6 Å². The molecule has 2 saturated heterocycles. The average Bonchev–Trinajstić information content (AvgIpc) is 3.30. The van der Waals surface area contributed by atoms with Gasteiger partial charge in [-0.3, -0.25) is 33.6 Å². The molecule has 0 amide bonds. The number of nitriles is 1. The fourth-order valence-corrected chi connectivity index (χ4v) is 9.25. The van der Waals surface area contributed by atoms with Gasteiger partial charge in [0.15, 0.2) is 0 Å². The van der Waals surface area contributed by atoms with Crippen LogP contribution < -0.4 is 15.0 Å². The number of aromatic nitrogens is 3. The third-order valence-corrected chi connectivity index (χ3v) is 12.8. The third-order valence-electron chi connectivity index (χ3n) is 12.5. The number of carboxylic acid groups (broad SMARTS) is 2. The van der Waals surface area contributed by atoms with Crippen molar-refractivity contribution in [1.82, 2.24) is 24.2 Å². The molecule has 0 spiro atoms. The number of likely N-dealkylation sites (tertiary alicyclic amines) is 2. The van der Waals surface area contributed by atoms with E-state index in [0.29, 0.717) is 71.3 Å². The molecule has 0 radical (unpaired) electrons. The van der Waals surface area contributed by atoms with E-state index in [2.05, 4.69) is 48.1 Å². The molecule has 2 aliphatic heterocycles. The Bertz CT molecular complexity index is 2840. The zero-order valence-corrected chi connectivity index (χ0v) is 36.6. The molecule has 3 aromatic carbocycles. The summed E-state index contributed by atoms with van der Waals surface area (Å²) in [5.74, 6) is -0.811. The highest BCUT2D eigenvalue weighted by molar-refractivity contribution is 6.32. The summed E-state index contributed by atoms with van der Waals surface area (Å²) in [4.78, 5) is 50.2. The SMILES string of the molecule is Cc1c(COc2cc(OCc3cncc(C#N)c3)c(CN3CCCC[C@@H]3C(=O)O)cc2Cl)cccc1-c1cccc(-c2ccn3c(=O)c(CN4CCCC[C@@H]4C(=O)O)cnc3c2)c1C. The van der Waals surface area contributed by atoms with Gasteiger partial charge in [-0.2, -0.15) is 5.26 Å². The van der Waals surface area contributed by atoms with Crippen LogP contribution in [-0.4, -0.2) is 71.5 Å². The highest BCUT2D eigenvalue weighted by Crippen LogP contribution is 2.38. The largest absolute Gasteiger partial charge is 0.488 e. The molecule has 0 aliphatic carbocycles. The van der Waals surface area contributed by atoms with Gasteiger partial charge in [0.05, 0.1) is 16.1 Å². The molecule has 14 heteroatoms. The van der Waals surface area contributed by atoms with Crippen LogP contribution in [0.25, 0.3) is 27.9 Å². The third kappa shape index (κ3) is 9.50. The zero-order valence-electron chi connectivity index (χ0n) is 35.8. The lowest BCUT2D eigenvalue weighted by molar-refractivity contribution is -0.145. The molecule has 2 fully saturated rings. The van der Waals surface area contributed by atoms with Crippen molar-refractivity contribution in [2.45, 2.75) is 90.8 Å². The highest BCUT2D eigenvalue weighted by atomic mass is 35.5. The Kier molecular flexibility index (Phi) is 13.4. The Labute approximate surface area is 376 Å². The van der Waals surface area contributed by atoms with Gasteiger partial charge in [-0.15, -0.1) is 0 Å². The van der Waals surface area contributed by atoms with E-state index in [1.165, 1.54) is 10.6 Å². The number of hydrogen-bond acceptors (Lipinski definition) is 10. The highest BCUT2D eigenvalue weighted by Gasteiger charge is 2.31. The standard InChI is InChI=1S/C50H49ClN6O7/c1-31-36(30-64-46-22-45(63-29-34-19-33(23-52)24-53-25-34)37(20-42(46)51)27-55-16-5-3-13-43(55)49(59)60)9-7-11-40(31)41-12-8-10-39(32(41)2)35-15-18-57-47(21-35)54-26-38(48(57)58)28-56-17-6-4-14-44(56)50(61)62/h7-12,15,18-22,24-26,43-44H,3-6,13-14,16-17,27-30H2,1-2H3,(H,59,60)(H,61,62)/t43-,44-/m1/s1. The predicted molar refractivity (Wildman–Crippen MR) is 242 cm³/mol. The minimum Gasteiger partial charge on any atom is -0.488 e. The number of ether oxygens (including phenoxy) is 2. The summed E-state index contributed by atoms with van der Waals surface area (Å²) in [6.07, 6.45) is 11.1. The number of carbonyl (C=O) groups is 2. The van der Waals surface area contributed by atoms with Crippen molar-refractivity contribution < 1.29 is 29.3 Å². The van der Waals surface area contributed by atoms with Gasteiger partial charge >= 0.3 is 11.9 Å². The molecule has 2 N–H and O–H groups in total. The van der Waals surface area contributed by atoms with E-state index in [1.807, 2.05) is 40.1 Å². The summed E-state index contributed by atoms with van der Waals surface area (Å²) in [5.41, 5.74) is 9.60. The molecule has 2 aliphatic rings. The second-order valence-corrected chi connectivity index (χ2v) is 17.0. The first-order valence-electron chi connectivity index (χ1n) is 21.5. The van der Waals surface area contributed by atoms with Crippen LogP contribution in [0.5, 0.6) is 11.5 Å². The fraction of sp³-hybridized carbons (Fsp3) is 0.320. The molecule has 8 rings (SSSR count). The van der Waals surface area contributed by atoms with Crippen LogP contribution in [-0.2, 0) is 35.9 Å². The van der Waals surface area contributed by atoms with Gasteiger partial charge in [0.2, 0.25) is 0 Å². The minimum atomic E-state index is -0.864. The van der Waals surface area contributed by atoms with Crippen molar-refractivity contribution in [2.24, 2.45) is 0 Å². The van der Waals surface area contributed by atoms with Crippen LogP contribution in [0.15, 0.2) is 96.3 Å². The number of benzene rings is 3. The fourth-order valence-electron chi connectivity index (χ4n) is 9.01. The van der Waals surface area contributed by atoms with Gasteiger partial charge in [-0.25, -0.2) is 4.98 Å². The van der Waals surface area contributed by atoms with E-state index < -0.39 is 24.0 Å². The normalized spacial score (nSPS) is 16.9. The van der Waals surface area contributed by atoms with Crippen molar-refractivity contribution in [3.63, 3.8) is 0 Å². The first kappa shape index (κ1) is 44.0.